The second-order valence-corrected chi connectivity index (χ2v) is 4.94. The zero-order chi connectivity index (χ0) is 11.8. The van der Waals surface area contributed by atoms with Crippen molar-refractivity contribution in [3.8, 4) is 0 Å². The molecule has 1 saturated carbocycles. The first-order valence-electron chi connectivity index (χ1n) is 6.21. The highest BCUT2D eigenvalue weighted by Crippen LogP contribution is 2.30. The van der Waals surface area contributed by atoms with Crippen molar-refractivity contribution in [2.75, 3.05) is 5.32 Å². The number of fused-ring (bicyclic) bond motifs is 1. The van der Waals surface area contributed by atoms with Crippen LogP contribution in [-0.2, 0) is 11.2 Å². The highest BCUT2D eigenvalue weighted by molar-refractivity contribution is 6.02. The predicted octanol–water partition coefficient (Wildman–Crippen LogP) is 2.55. The van der Waals surface area contributed by atoms with Gasteiger partial charge in [0.25, 0.3) is 0 Å². The Kier molecular flexibility index (Phi) is 2.46. The Morgan fingerprint density at radius 1 is 1.24 bits per heavy atom. The molecule has 3 nitrogen and oxygen atoms in total. The third kappa shape index (κ3) is 1.86. The second-order valence-electron chi connectivity index (χ2n) is 4.94. The van der Waals surface area contributed by atoms with E-state index in [9.17, 15) is 9.59 Å². The summed E-state index contributed by atoms with van der Waals surface area (Å²) < 4.78 is 0. The van der Waals surface area contributed by atoms with Gasteiger partial charge in [0.1, 0.15) is 0 Å². The fourth-order valence-corrected chi connectivity index (χ4v) is 2.81. The van der Waals surface area contributed by atoms with Gasteiger partial charge in [0.15, 0.2) is 5.78 Å². The normalized spacial score (nSPS) is 19.2. The molecule has 1 N–H and O–H groups in total. The number of nitrogens with one attached hydrogen (secondary N) is 1. The maximum Gasteiger partial charge on any atom is 0.228 e. The molecule has 2 aliphatic rings. The number of hydrogen-bond acceptors (Lipinski definition) is 2. The zero-order valence-corrected chi connectivity index (χ0v) is 9.66. The van der Waals surface area contributed by atoms with E-state index in [1.807, 2.05) is 18.2 Å². The summed E-state index contributed by atoms with van der Waals surface area (Å²) in [6, 6.07) is 5.57. The van der Waals surface area contributed by atoms with E-state index in [4.69, 9.17) is 0 Å². The fraction of sp³-hybridized carbons (Fsp3) is 0.429. The molecule has 3 heteroatoms. The molecule has 3 rings (SSSR count). The minimum atomic E-state index is 0.0189. The summed E-state index contributed by atoms with van der Waals surface area (Å²) >= 11 is 0. The van der Waals surface area contributed by atoms with Crippen LogP contribution in [0.5, 0.6) is 0 Å². The topological polar surface area (TPSA) is 46.2 Å². The summed E-state index contributed by atoms with van der Waals surface area (Å²) in [5.74, 6) is 0.480. The summed E-state index contributed by atoms with van der Waals surface area (Å²) in [6.07, 6.45) is 4.78. The Labute approximate surface area is 100 Å². The van der Waals surface area contributed by atoms with Gasteiger partial charge in [-0.2, -0.15) is 0 Å². The van der Waals surface area contributed by atoms with Crippen LogP contribution >= 0.6 is 0 Å². The van der Waals surface area contributed by atoms with Gasteiger partial charge in [0.2, 0.25) is 5.91 Å². The number of ketones is 1. The number of rotatable bonds is 2. The van der Waals surface area contributed by atoms with Crippen molar-refractivity contribution in [1.29, 1.82) is 0 Å². The zero-order valence-electron chi connectivity index (χ0n) is 9.66. The maximum atomic E-state index is 12.2. The van der Waals surface area contributed by atoms with Gasteiger partial charge in [-0.1, -0.05) is 12.8 Å². The molecule has 1 amide bonds. The molecule has 1 aliphatic carbocycles. The average Bonchev–Trinajstić information content (AvgIpc) is 2.94. The first-order valence-corrected chi connectivity index (χ1v) is 6.21. The number of benzene rings is 1. The third-order valence-electron chi connectivity index (χ3n) is 3.74. The van der Waals surface area contributed by atoms with Gasteiger partial charge in [-0.25, -0.2) is 0 Å². The largest absolute Gasteiger partial charge is 0.326 e. The SMILES string of the molecule is O=C1Cc2cc(C(=O)C3CCCC3)ccc2N1. The van der Waals surface area contributed by atoms with Crippen molar-refractivity contribution in [1.82, 2.24) is 0 Å². The van der Waals surface area contributed by atoms with Gasteiger partial charge in [0, 0.05) is 17.2 Å². The van der Waals surface area contributed by atoms with Crippen LogP contribution in [0.4, 0.5) is 5.69 Å². The van der Waals surface area contributed by atoms with Crippen LogP contribution in [-0.4, -0.2) is 11.7 Å². The Hall–Kier alpha value is -1.64. The Morgan fingerprint density at radius 2 is 2.00 bits per heavy atom. The Balaban J connectivity index is 1.87. The first-order chi connectivity index (χ1) is 8.24. The monoisotopic (exact) mass is 229 g/mol. The molecule has 1 heterocycles. The van der Waals surface area contributed by atoms with Crippen LogP contribution in [0.25, 0.3) is 0 Å². The predicted molar refractivity (Wildman–Crippen MR) is 65.1 cm³/mol. The van der Waals surface area contributed by atoms with Crippen LogP contribution in [0.1, 0.15) is 41.6 Å². The molecule has 0 atom stereocenters. The van der Waals surface area contributed by atoms with E-state index in [1.54, 1.807) is 0 Å². The highest BCUT2D eigenvalue weighted by atomic mass is 16.1. The van der Waals surface area contributed by atoms with Crippen molar-refractivity contribution in [3.05, 3.63) is 29.3 Å². The molecular formula is C14H15NO2. The number of carbonyl (C=O) groups excluding carboxylic acids is 2. The van der Waals surface area contributed by atoms with E-state index in [1.165, 1.54) is 12.8 Å². The van der Waals surface area contributed by atoms with Crippen LogP contribution in [0, 0.1) is 5.92 Å². The van der Waals surface area contributed by atoms with E-state index in [-0.39, 0.29) is 17.6 Å². The van der Waals surface area contributed by atoms with Crippen molar-refractivity contribution >= 4 is 17.4 Å². The van der Waals surface area contributed by atoms with Crippen molar-refractivity contribution in [2.45, 2.75) is 32.1 Å². The Bertz CT molecular complexity index is 487. The molecule has 1 aromatic carbocycles. The number of hydrogen-bond donors (Lipinski definition) is 1. The van der Waals surface area contributed by atoms with Crippen LogP contribution in [0.3, 0.4) is 0 Å². The third-order valence-corrected chi connectivity index (χ3v) is 3.74. The molecule has 0 aromatic heterocycles. The highest BCUT2D eigenvalue weighted by Gasteiger charge is 2.25. The van der Waals surface area contributed by atoms with Crippen molar-refractivity contribution in [3.63, 3.8) is 0 Å². The van der Waals surface area contributed by atoms with E-state index < -0.39 is 0 Å². The minimum Gasteiger partial charge on any atom is -0.326 e. The molecule has 0 saturated heterocycles. The number of Topliss-reactive ketones (excluding diaryl/α,β-unsaturated/α-hetero) is 1. The minimum absolute atomic E-state index is 0.0189. The summed E-state index contributed by atoms with van der Waals surface area (Å²) in [4.78, 5) is 23.5. The lowest BCUT2D eigenvalue weighted by Crippen LogP contribution is -2.11. The van der Waals surface area contributed by atoms with Gasteiger partial charge in [-0.05, 0) is 36.6 Å². The smallest absolute Gasteiger partial charge is 0.228 e. The van der Waals surface area contributed by atoms with Gasteiger partial charge in [0.05, 0.1) is 6.42 Å². The fourth-order valence-electron chi connectivity index (χ4n) is 2.81. The van der Waals surface area contributed by atoms with Crippen molar-refractivity contribution < 1.29 is 9.59 Å². The molecule has 0 radical (unpaired) electrons. The maximum absolute atomic E-state index is 12.2. The van der Waals surface area contributed by atoms with Crippen LogP contribution < -0.4 is 5.32 Å². The molecule has 1 aliphatic heterocycles. The Morgan fingerprint density at radius 3 is 2.76 bits per heavy atom. The number of carbonyl (C=O) groups is 2. The second kappa shape index (κ2) is 3.99. The number of amides is 1. The van der Waals surface area contributed by atoms with Gasteiger partial charge >= 0.3 is 0 Å². The first kappa shape index (κ1) is 10.5. The molecule has 88 valence electrons. The molecular weight excluding hydrogens is 214 g/mol. The lowest BCUT2D eigenvalue weighted by atomic mass is 9.95. The molecule has 17 heavy (non-hydrogen) atoms. The number of anilines is 1. The molecule has 1 fully saturated rings. The lowest BCUT2D eigenvalue weighted by molar-refractivity contribution is -0.115. The van der Waals surface area contributed by atoms with Gasteiger partial charge in [-0.3, -0.25) is 9.59 Å². The summed E-state index contributed by atoms with van der Waals surface area (Å²) in [6.45, 7) is 0. The lowest BCUT2D eigenvalue weighted by Gasteiger charge is -2.08. The molecule has 1 aromatic rings. The average molecular weight is 229 g/mol. The summed E-state index contributed by atoms with van der Waals surface area (Å²) in [5, 5.41) is 2.78. The molecule has 0 bridgehead atoms. The van der Waals surface area contributed by atoms with E-state index in [2.05, 4.69) is 5.32 Å². The van der Waals surface area contributed by atoms with E-state index >= 15 is 0 Å². The quantitative estimate of drug-likeness (QED) is 0.792. The summed E-state index contributed by atoms with van der Waals surface area (Å²) in [5.41, 5.74) is 2.59. The summed E-state index contributed by atoms with van der Waals surface area (Å²) in [7, 11) is 0. The van der Waals surface area contributed by atoms with E-state index in [0.29, 0.717) is 6.42 Å². The molecule has 0 spiro atoms. The van der Waals surface area contributed by atoms with E-state index in [0.717, 1.165) is 29.7 Å². The van der Waals surface area contributed by atoms with Crippen molar-refractivity contribution in [2.24, 2.45) is 5.92 Å². The standard InChI is InChI=1S/C14H15NO2/c16-13-8-11-7-10(5-6-12(11)15-13)14(17)9-3-1-2-4-9/h5-7,9H,1-4,8H2,(H,15,16). The van der Waals surface area contributed by atoms with Crippen LogP contribution in [0.15, 0.2) is 18.2 Å². The molecule has 0 unspecified atom stereocenters. The van der Waals surface area contributed by atoms with Crippen LogP contribution in [0.2, 0.25) is 0 Å². The van der Waals surface area contributed by atoms with Gasteiger partial charge in [-0.15, -0.1) is 0 Å². The van der Waals surface area contributed by atoms with Gasteiger partial charge < -0.3 is 5.32 Å².